The number of likely N-dealkylation sites (N-methyl/N-ethyl adjacent to an activating group) is 1. The Morgan fingerprint density at radius 2 is 2.11 bits per heavy atom. The summed E-state index contributed by atoms with van der Waals surface area (Å²) in [4.78, 5) is 14.0. The average Bonchev–Trinajstić information content (AvgIpc) is 2.80. The summed E-state index contributed by atoms with van der Waals surface area (Å²) in [7, 11) is 5.12. The lowest BCUT2D eigenvalue weighted by atomic mass is 9.89. The Hall–Kier alpha value is -1.55. The summed E-state index contributed by atoms with van der Waals surface area (Å²) in [5.74, 6) is 0.780. The van der Waals surface area contributed by atoms with Crippen molar-refractivity contribution in [2.45, 2.75) is 5.92 Å². The van der Waals surface area contributed by atoms with Crippen molar-refractivity contribution in [3.05, 3.63) is 29.8 Å². The molecule has 4 nitrogen and oxygen atoms in total. The first kappa shape index (κ1) is 12.9. The molecule has 1 fully saturated rings. The van der Waals surface area contributed by atoms with Gasteiger partial charge in [0.1, 0.15) is 5.75 Å². The maximum absolute atomic E-state index is 11.8. The van der Waals surface area contributed by atoms with Crippen LogP contribution in [0.5, 0.6) is 5.75 Å². The third-order valence-electron chi connectivity index (χ3n) is 3.53. The van der Waals surface area contributed by atoms with Gasteiger partial charge < -0.3 is 14.4 Å². The van der Waals surface area contributed by atoms with Gasteiger partial charge in [0, 0.05) is 19.0 Å². The summed E-state index contributed by atoms with van der Waals surface area (Å²) < 4.78 is 10.1. The molecule has 0 N–H and O–H groups in total. The number of hydrogen-bond donors (Lipinski definition) is 0. The molecular weight excluding hydrogens is 230 g/mol. The van der Waals surface area contributed by atoms with Crippen molar-refractivity contribution >= 4 is 5.97 Å². The van der Waals surface area contributed by atoms with Crippen molar-refractivity contribution in [2.75, 3.05) is 34.4 Å². The van der Waals surface area contributed by atoms with Gasteiger partial charge in [0.25, 0.3) is 0 Å². The third-order valence-corrected chi connectivity index (χ3v) is 3.53. The number of ether oxygens (including phenoxy) is 2. The molecule has 0 aromatic heterocycles. The van der Waals surface area contributed by atoms with Crippen LogP contribution < -0.4 is 4.74 Å². The fraction of sp³-hybridized carbons (Fsp3) is 0.500. The second-order valence-corrected chi connectivity index (χ2v) is 4.73. The number of methoxy groups -OCH3 is 2. The molecular formula is C14H19NO3. The van der Waals surface area contributed by atoms with Crippen LogP contribution >= 0.6 is 0 Å². The van der Waals surface area contributed by atoms with Crippen LogP contribution in [0.3, 0.4) is 0 Å². The Bertz CT molecular complexity index is 433. The maximum Gasteiger partial charge on any atom is 0.310 e. The highest BCUT2D eigenvalue weighted by Gasteiger charge is 2.37. The van der Waals surface area contributed by atoms with Gasteiger partial charge in [-0.25, -0.2) is 0 Å². The minimum atomic E-state index is -0.132. The minimum absolute atomic E-state index is 0.0906. The van der Waals surface area contributed by atoms with Gasteiger partial charge in [0.2, 0.25) is 0 Å². The van der Waals surface area contributed by atoms with Crippen molar-refractivity contribution in [1.29, 1.82) is 0 Å². The molecule has 1 heterocycles. The van der Waals surface area contributed by atoms with E-state index in [-0.39, 0.29) is 17.8 Å². The molecule has 0 bridgehead atoms. The number of nitrogens with zero attached hydrogens (tertiary/aromatic N) is 1. The molecule has 0 aliphatic carbocycles. The van der Waals surface area contributed by atoms with Crippen LogP contribution in [-0.4, -0.2) is 45.2 Å². The molecule has 4 heteroatoms. The summed E-state index contributed by atoms with van der Waals surface area (Å²) in [5, 5.41) is 0. The molecule has 0 amide bonds. The number of esters is 1. The Labute approximate surface area is 107 Å². The van der Waals surface area contributed by atoms with Crippen LogP contribution in [-0.2, 0) is 9.53 Å². The Balaban J connectivity index is 2.26. The Morgan fingerprint density at radius 1 is 1.33 bits per heavy atom. The standard InChI is InChI=1S/C14H19NO3/c1-15-8-12(13(9-15)14(16)18-3)10-5-4-6-11(7-10)17-2/h4-7,12-13H,8-9H2,1-3H3/t12-,13-/m1/s1. The topological polar surface area (TPSA) is 38.8 Å². The maximum atomic E-state index is 11.8. The van der Waals surface area contributed by atoms with E-state index < -0.39 is 0 Å². The minimum Gasteiger partial charge on any atom is -0.497 e. The Morgan fingerprint density at radius 3 is 2.78 bits per heavy atom. The van der Waals surface area contributed by atoms with Gasteiger partial charge in [-0.3, -0.25) is 4.79 Å². The van der Waals surface area contributed by atoms with Crippen LogP contribution in [0, 0.1) is 5.92 Å². The first-order chi connectivity index (χ1) is 8.65. The highest BCUT2D eigenvalue weighted by Crippen LogP contribution is 2.34. The quantitative estimate of drug-likeness (QED) is 0.761. The molecule has 1 saturated heterocycles. The zero-order chi connectivity index (χ0) is 13.1. The van der Waals surface area contributed by atoms with Gasteiger partial charge in [-0.2, -0.15) is 0 Å². The molecule has 0 radical (unpaired) electrons. The molecule has 98 valence electrons. The van der Waals surface area contributed by atoms with Crippen molar-refractivity contribution in [3.63, 3.8) is 0 Å². The second-order valence-electron chi connectivity index (χ2n) is 4.73. The molecule has 18 heavy (non-hydrogen) atoms. The van der Waals surface area contributed by atoms with E-state index in [1.54, 1.807) is 7.11 Å². The molecule has 1 aliphatic rings. The highest BCUT2D eigenvalue weighted by atomic mass is 16.5. The predicted octanol–water partition coefficient (Wildman–Crippen LogP) is 1.51. The molecule has 0 saturated carbocycles. The molecule has 0 unspecified atom stereocenters. The van der Waals surface area contributed by atoms with Gasteiger partial charge in [0.05, 0.1) is 20.1 Å². The summed E-state index contributed by atoms with van der Waals surface area (Å²) in [6.45, 7) is 1.61. The first-order valence-electron chi connectivity index (χ1n) is 6.06. The predicted molar refractivity (Wildman–Crippen MR) is 68.7 cm³/mol. The summed E-state index contributed by atoms with van der Waals surface area (Å²) in [6.07, 6.45) is 0. The normalized spacial score (nSPS) is 23.9. The number of rotatable bonds is 3. The highest BCUT2D eigenvalue weighted by molar-refractivity contribution is 5.74. The SMILES string of the molecule is COC(=O)[C@@H]1CN(C)C[C@@H]1c1cccc(OC)c1. The van der Waals surface area contributed by atoms with E-state index in [0.29, 0.717) is 0 Å². The van der Waals surface area contributed by atoms with Crippen molar-refractivity contribution < 1.29 is 14.3 Å². The van der Waals surface area contributed by atoms with Gasteiger partial charge in [-0.1, -0.05) is 12.1 Å². The van der Waals surface area contributed by atoms with Crippen LogP contribution in [0.25, 0.3) is 0 Å². The zero-order valence-electron chi connectivity index (χ0n) is 11.1. The lowest BCUT2D eigenvalue weighted by Gasteiger charge is -2.17. The molecule has 2 rings (SSSR count). The van der Waals surface area contributed by atoms with Gasteiger partial charge in [-0.15, -0.1) is 0 Å². The number of likely N-dealkylation sites (tertiary alicyclic amines) is 1. The molecule has 0 spiro atoms. The van der Waals surface area contributed by atoms with Crippen LogP contribution in [0.2, 0.25) is 0 Å². The fourth-order valence-corrected chi connectivity index (χ4v) is 2.60. The van der Waals surface area contributed by atoms with E-state index in [9.17, 15) is 4.79 Å². The number of carbonyl (C=O) groups is 1. The Kier molecular flexibility index (Phi) is 3.87. The summed E-state index contributed by atoms with van der Waals surface area (Å²) in [5.41, 5.74) is 1.13. The van der Waals surface area contributed by atoms with Crippen molar-refractivity contribution in [2.24, 2.45) is 5.92 Å². The van der Waals surface area contributed by atoms with Crippen molar-refractivity contribution in [1.82, 2.24) is 4.90 Å². The molecule has 1 aliphatic heterocycles. The largest absolute Gasteiger partial charge is 0.497 e. The van der Waals surface area contributed by atoms with E-state index in [0.717, 1.165) is 24.4 Å². The lowest BCUT2D eigenvalue weighted by molar-refractivity contribution is -0.145. The zero-order valence-corrected chi connectivity index (χ0v) is 11.1. The number of carbonyl (C=O) groups excluding carboxylic acids is 1. The van der Waals surface area contributed by atoms with E-state index in [4.69, 9.17) is 9.47 Å². The van der Waals surface area contributed by atoms with Gasteiger partial charge in [0.15, 0.2) is 0 Å². The smallest absolute Gasteiger partial charge is 0.310 e. The van der Waals surface area contributed by atoms with E-state index in [1.807, 2.05) is 31.3 Å². The number of benzene rings is 1. The van der Waals surface area contributed by atoms with Gasteiger partial charge in [-0.05, 0) is 24.7 Å². The molecule has 1 aromatic rings. The van der Waals surface area contributed by atoms with Gasteiger partial charge >= 0.3 is 5.97 Å². The summed E-state index contributed by atoms with van der Waals surface area (Å²) in [6, 6.07) is 7.91. The van der Waals surface area contributed by atoms with E-state index >= 15 is 0 Å². The third kappa shape index (κ3) is 2.48. The second kappa shape index (κ2) is 5.40. The first-order valence-corrected chi connectivity index (χ1v) is 6.06. The lowest BCUT2D eigenvalue weighted by Crippen LogP contribution is -2.23. The van der Waals surface area contributed by atoms with Crippen LogP contribution in [0.1, 0.15) is 11.5 Å². The number of hydrogen-bond acceptors (Lipinski definition) is 4. The van der Waals surface area contributed by atoms with E-state index in [1.165, 1.54) is 7.11 Å². The monoisotopic (exact) mass is 249 g/mol. The fourth-order valence-electron chi connectivity index (χ4n) is 2.60. The van der Waals surface area contributed by atoms with Crippen LogP contribution in [0.4, 0.5) is 0 Å². The molecule has 1 aromatic carbocycles. The van der Waals surface area contributed by atoms with Crippen LogP contribution in [0.15, 0.2) is 24.3 Å². The van der Waals surface area contributed by atoms with Crippen molar-refractivity contribution in [3.8, 4) is 5.75 Å². The molecule has 2 atom stereocenters. The van der Waals surface area contributed by atoms with E-state index in [2.05, 4.69) is 4.90 Å². The summed E-state index contributed by atoms with van der Waals surface area (Å²) >= 11 is 0. The average molecular weight is 249 g/mol.